The minimum Gasteiger partial charge on any atom is -0.383 e. The van der Waals surface area contributed by atoms with Crippen LogP contribution in [0, 0.1) is 13.8 Å². The van der Waals surface area contributed by atoms with E-state index in [9.17, 15) is 0 Å². The molecule has 1 aromatic heterocycles. The first kappa shape index (κ1) is 12.1. The van der Waals surface area contributed by atoms with Crippen LogP contribution in [-0.2, 0) is 4.74 Å². The molecule has 0 bridgehead atoms. The van der Waals surface area contributed by atoms with Crippen LogP contribution in [0.1, 0.15) is 25.2 Å². The molecule has 1 aliphatic heterocycles. The van der Waals surface area contributed by atoms with E-state index in [0.29, 0.717) is 18.2 Å². The summed E-state index contributed by atoms with van der Waals surface area (Å²) in [5.74, 6) is 2.21. The summed E-state index contributed by atoms with van der Waals surface area (Å²) in [6, 6.07) is 0. The largest absolute Gasteiger partial charge is 0.383 e. The minimum absolute atomic E-state index is 0.0593. The Hall–Kier alpha value is -1.36. The summed E-state index contributed by atoms with van der Waals surface area (Å²) in [7, 11) is 0. The first-order valence-electron chi connectivity index (χ1n) is 5.88. The fraction of sp³-hybridized carbons (Fsp3) is 0.667. The number of nitrogen functional groups attached to an aromatic ring is 1. The molecule has 0 aliphatic carbocycles. The highest BCUT2D eigenvalue weighted by Gasteiger charge is 2.32. The van der Waals surface area contributed by atoms with Gasteiger partial charge in [-0.25, -0.2) is 9.97 Å². The third kappa shape index (κ3) is 2.20. The number of hydrogen-bond donors (Lipinski definition) is 1. The topological polar surface area (TPSA) is 64.3 Å². The zero-order chi connectivity index (χ0) is 12.6. The first-order chi connectivity index (χ1) is 7.92. The zero-order valence-corrected chi connectivity index (χ0v) is 10.9. The van der Waals surface area contributed by atoms with Crippen molar-refractivity contribution in [1.29, 1.82) is 0 Å². The second-order valence-electron chi connectivity index (χ2n) is 5.12. The molecule has 0 spiro atoms. The Morgan fingerprint density at radius 1 is 1.29 bits per heavy atom. The molecule has 1 fully saturated rings. The maximum atomic E-state index is 5.91. The number of aromatic nitrogens is 2. The molecular formula is C12H20N4O. The molecule has 0 radical (unpaired) electrons. The van der Waals surface area contributed by atoms with Crippen molar-refractivity contribution in [2.45, 2.75) is 33.2 Å². The maximum Gasteiger partial charge on any atom is 0.137 e. The lowest BCUT2D eigenvalue weighted by molar-refractivity contribution is 0.0638. The summed E-state index contributed by atoms with van der Waals surface area (Å²) >= 11 is 0. The van der Waals surface area contributed by atoms with Crippen molar-refractivity contribution in [1.82, 2.24) is 9.97 Å². The van der Waals surface area contributed by atoms with Gasteiger partial charge in [0.1, 0.15) is 17.5 Å². The second kappa shape index (κ2) is 4.14. The second-order valence-corrected chi connectivity index (χ2v) is 5.12. The fourth-order valence-corrected chi connectivity index (χ4v) is 2.15. The third-order valence-corrected chi connectivity index (χ3v) is 3.17. The van der Waals surface area contributed by atoms with Crippen LogP contribution in [0.4, 0.5) is 11.6 Å². The Balaban J connectivity index is 2.45. The Labute approximate surface area is 102 Å². The van der Waals surface area contributed by atoms with Gasteiger partial charge in [0.05, 0.1) is 18.8 Å². The number of ether oxygens (including phenoxy) is 1. The lowest BCUT2D eigenvalue weighted by atomic mass is 10.0. The Kier molecular flexibility index (Phi) is 2.95. The average molecular weight is 236 g/mol. The third-order valence-electron chi connectivity index (χ3n) is 3.17. The molecule has 1 saturated heterocycles. The van der Waals surface area contributed by atoms with E-state index in [2.05, 4.69) is 28.7 Å². The van der Waals surface area contributed by atoms with Crippen LogP contribution in [0.15, 0.2) is 0 Å². The summed E-state index contributed by atoms with van der Waals surface area (Å²) < 4.78 is 5.52. The van der Waals surface area contributed by atoms with E-state index in [1.165, 1.54) is 0 Å². The average Bonchev–Trinajstić information content (AvgIpc) is 2.23. The molecule has 0 atom stereocenters. The van der Waals surface area contributed by atoms with E-state index in [-0.39, 0.29) is 5.54 Å². The van der Waals surface area contributed by atoms with Crippen molar-refractivity contribution in [3.63, 3.8) is 0 Å². The van der Waals surface area contributed by atoms with E-state index in [4.69, 9.17) is 10.5 Å². The lowest BCUT2D eigenvalue weighted by Crippen LogP contribution is -2.53. The summed E-state index contributed by atoms with van der Waals surface area (Å²) in [5.41, 5.74) is 6.80. The molecule has 2 heterocycles. The van der Waals surface area contributed by atoms with Gasteiger partial charge in [-0.1, -0.05) is 0 Å². The quantitative estimate of drug-likeness (QED) is 0.796. The molecular weight excluding hydrogens is 216 g/mol. The number of aryl methyl sites for hydroxylation is 1. The summed E-state index contributed by atoms with van der Waals surface area (Å²) in [6.45, 7) is 10.4. The highest BCUT2D eigenvalue weighted by atomic mass is 16.5. The summed E-state index contributed by atoms with van der Waals surface area (Å²) in [5, 5.41) is 0. The van der Waals surface area contributed by atoms with Gasteiger partial charge in [0.15, 0.2) is 0 Å². The van der Waals surface area contributed by atoms with Gasteiger partial charge >= 0.3 is 0 Å². The van der Waals surface area contributed by atoms with Gasteiger partial charge in [-0.15, -0.1) is 0 Å². The molecule has 94 valence electrons. The van der Waals surface area contributed by atoms with Crippen molar-refractivity contribution in [3.8, 4) is 0 Å². The molecule has 5 nitrogen and oxygen atoms in total. The van der Waals surface area contributed by atoms with Crippen LogP contribution in [-0.4, -0.2) is 35.3 Å². The molecule has 1 aliphatic rings. The molecule has 0 saturated carbocycles. The van der Waals surface area contributed by atoms with Gasteiger partial charge in [-0.05, 0) is 27.7 Å². The SMILES string of the molecule is Cc1nc(N)c(C)c(N2CCOCC2(C)C)n1. The van der Waals surface area contributed by atoms with Crippen LogP contribution < -0.4 is 10.6 Å². The van der Waals surface area contributed by atoms with Gasteiger partial charge < -0.3 is 15.4 Å². The van der Waals surface area contributed by atoms with Crippen LogP contribution in [0.5, 0.6) is 0 Å². The van der Waals surface area contributed by atoms with Gasteiger partial charge in [-0.2, -0.15) is 0 Å². The standard InChI is InChI=1S/C12H20N4O/c1-8-10(13)14-9(2)15-11(8)16-5-6-17-7-12(16,3)4/h5-7H2,1-4H3,(H2,13,14,15). The molecule has 0 unspecified atom stereocenters. The summed E-state index contributed by atoms with van der Waals surface area (Å²) in [4.78, 5) is 11.0. The fourth-order valence-electron chi connectivity index (χ4n) is 2.15. The number of anilines is 2. The van der Waals surface area contributed by atoms with E-state index < -0.39 is 0 Å². The van der Waals surface area contributed by atoms with Gasteiger partial charge in [0.2, 0.25) is 0 Å². The monoisotopic (exact) mass is 236 g/mol. The van der Waals surface area contributed by atoms with Crippen molar-refractivity contribution in [2.75, 3.05) is 30.4 Å². The molecule has 5 heteroatoms. The van der Waals surface area contributed by atoms with E-state index in [1.807, 2.05) is 13.8 Å². The maximum absolute atomic E-state index is 5.91. The molecule has 0 amide bonds. The predicted octanol–water partition coefficient (Wildman–Crippen LogP) is 1.29. The predicted molar refractivity (Wildman–Crippen MR) is 68.2 cm³/mol. The minimum atomic E-state index is -0.0593. The van der Waals surface area contributed by atoms with Crippen molar-refractivity contribution >= 4 is 11.6 Å². The zero-order valence-electron chi connectivity index (χ0n) is 10.9. The molecule has 0 aromatic carbocycles. The van der Waals surface area contributed by atoms with Crippen molar-refractivity contribution in [3.05, 3.63) is 11.4 Å². The normalized spacial score (nSPS) is 19.4. The van der Waals surface area contributed by atoms with Crippen LogP contribution in [0.25, 0.3) is 0 Å². The Morgan fingerprint density at radius 3 is 2.65 bits per heavy atom. The Morgan fingerprint density at radius 2 is 2.00 bits per heavy atom. The van der Waals surface area contributed by atoms with E-state index >= 15 is 0 Å². The number of morpholine rings is 1. The summed E-state index contributed by atoms with van der Waals surface area (Å²) in [6.07, 6.45) is 0. The van der Waals surface area contributed by atoms with Gasteiger partial charge in [-0.3, -0.25) is 0 Å². The molecule has 1 aromatic rings. The van der Waals surface area contributed by atoms with E-state index in [0.717, 1.165) is 24.5 Å². The smallest absolute Gasteiger partial charge is 0.137 e. The van der Waals surface area contributed by atoms with Crippen LogP contribution in [0.2, 0.25) is 0 Å². The van der Waals surface area contributed by atoms with Crippen LogP contribution in [0.3, 0.4) is 0 Å². The van der Waals surface area contributed by atoms with E-state index in [1.54, 1.807) is 0 Å². The number of nitrogens with zero attached hydrogens (tertiary/aromatic N) is 3. The molecule has 17 heavy (non-hydrogen) atoms. The molecule has 2 rings (SSSR count). The van der Waals surface area contributed by atoms with Crippen molar-refractivity contribution < 1.29 is 4.74 Å². The van der Waals surface area contributed by atoms with Gasteiger partial charge in [0, 0.05) is 12.1 Å². The Bertz CT molecular complexity index is 431. The highest BCUT2D eigenvalue weighted by molar-refractivity contribution is 5.58. The first-order valence-corrected chi connectivity index (χ1v) is 5.88. The molecule has 2 N–H and O–H groups in total. The highest BCUT2D eigenvalue weighted by Crippen LogP contribution is 2.29. The lowest BCUT2D eigenvalue weighted by Gasteiger charge is -2.43. The number of rotatable bonds is 1. The van der Waals surface area contributed by atoms with Crippen molar-refractivity contribution in [2.24, 2.45) is 0 Å². The number of hydrogen-bond acceptors (Lipinski definition) is 5. The number of nitrogens with two attached hydrogens (primary N) is 1. The van der Waals surface area contributed by atoms with Gasteiger partial charge in [0.25, 0.3) is 0 Å². The van der Waals surface area contributed by atoms with Crippen LogP contribution >= 0.6 is 0 Å².